The van der Waals surface area contributed by atoms with Crippen LogP contribution in [0.2, 0.25) is 0 Å². The molecule has 0 aliphatic carbocycles. The van der Waals surface area contributed by atoms with Crippen LogP contribution < -0.4 is 16.4 Å². The third-order valence-electron chi connectivity index (χ3n) is 2.41. The van der Waals surface area contributed by atoms with E-state index in [4.69, 9.17) is 10.8 Å². The van der Waals surface area contributed by atoms with Crippen molar-refractivity contribution in [2.45, 2.75) is 12.8 Å². The molecule has 0 aromatic heterocycles. The molecule has 21 heavy (non-hydrogen) atoms. The van der Waals surface area contributed by atoms with Crippen molar-refractivity contribution >= 4 is 55.5 Å². The van der Waals surface area contributed by atoms with E-state index >= 15 is 0 Å². The number of primary amides is 1. The summed E-state index contributed by atoms with van der Waals surface area (Å²) in [5.41, 5.74) is 5.08. The topological polar surface area (TPSA) is 122 Å². The Bertz CT molecular complexity index is 578. The highest BCUT2D eigenvalue weighted by atomic mass is 79.9. The van der Waals surface area contributed by atoms with Gasteiger partial charge in [-0.25, -0.2) is 9.59 Å². The minimum atomic E-state index is -1.17. The molecule has 0 unspecified atom stereocenters. The van der Waals surface area contributed by atoms with Crippen LogP contribution in [0.5, 0.6) is 0 Å². The molecule has 9 heteroatoms. The molecule has 1 aromatic rings. The maximum Gasteiger partial charge on any atom is 0.337 e. The Hall–Kier alpha value is -1.61. The second-order valence-electron chi connectivity index (χ2n) is 4.07. The maximum absolute atomic E-state index is 11.7. The summed E-state index contributed by atoms with van der Waals surface area (Å²) in [6.07, 6.45) is 0.582. The molecule has 0 aliphatic rings. The van der Waals surface area contributed by atoms with Crippen molar-refractivity contribution < 1.29 is 19.5 Å². The molecule has 0 saturated carbocycles. The number of hydrogen-bond donors (Lipinski definition) is 4. The lowest BCUT2D eigenvalue weighted by atomic mass is 10.2. The number of benzene rings is 1. The predicted molar refractivity (Wildman–Crippen MR) is 84.3 cm³/mol. The van der Waals surface area contributed by atoms with Crippen LogP contribution in [0.4, 0.5) is 10.5 Å². The molecule has 0 spiro atoms. The largest absolute Gasteiger partial charge is 0.478 e. The summed E-state index contributed by atoms with van der Waals surface area (Å²) in [7, 11) is 0. The molecular weight excluding hydrogens is 410 g/mol. The van der Waals surface area contributed by atoms with E-state index in [0.29, 0.717) is 15.4 Å². The van der Waals surface area contributed by atoms with Crippen molar-refractivity contribution in [2.24, 2.45) is 5.73 Å². The van der Waals surface area contributed by atoms with E-state index in [9.17, 15) is 14.4 Å². The van der Waals surface area contributed by atoms with E-state index in [0.717, 1.165) is 0 Å². The molecule has 1 aromatic carbocycles. The number of aromatic carboxylic acids is 1. The van der Waals surface area contributed by atoms with E-state index in [1.165, 1.54) is 6.07 Å². The van der Waals surface area contributed by atoms with Gasteiger partial charge < -0.3 is 21.5 Å². The summed E-state index contributed by atoms with van der Waals surface area (Å²) in [5.74, 6) is -1.61. The molecule has 3 amide bonds. The van der Waals surface area contributed by atoms with Gasteiger partial charge in [-0.15, -0.1) is 0 Å². The zero-order valence-electron chi connectivity index (χ0n) is 10.8. The summed E-state index contributed by atoms with van der Waals surface area (Å²) in [6.45, 7) is 0.255. The van der Waals surface area contributed by atoms with Crippen molar-refractivity contribution in [1.82, 2.24) is 5.32 Å². The summed E-state index contributed by atoms with van der Waals surface area (Å²) < 4.78 is 1.00. The van der Waals surface area contributed by atoms with Crippen LogP contribution in [-0.2, 0) is 4.79 Å². The predicted octanol–water partition coefficient (Wildman–Crippen LogP) is 2.30. The number of nitrogens with two attached hydrogens (primary N) is 1. The first-order valence-corrected chi connectivity index (χ1v) is 7.45. The number of amides is 3. The summed E-state index contributed by atoms with van der Waals surface area (Å²) in [6, 6.07) is 2.44. The first-order valence-electron chi connectivity index (χ1n) is 5.86. The number of nitrogens with one attached hydrogen (secondary N) is 2. The number of carbonyl (C=O) groups excluding carboxylic acids is 2. The Morgan fingerprint density at radius 3 is 2.48 bits per heavy atom. The number of carboxylic acids is 1. The van der Waals surface area contributed by atoms with Crippen molar-refractivity contribution in [3.63, 3.8) is 0 Å². The van der Waals surface area contributed by atoms with E-state index in [2.05, 4.69) is 42.5 Å². The fourth-order valence-electron chi connectivity index (χ4n) is 1.49. The van der Waals surface area contributed by atoms with Crippen LogP contribution in [0.1, 0.15) is 23.2 Å². The maximum atomic E-state index is 11.7. The minimum Gasteiger partial charge on any atom is -0.478 e. The average molecular weight is 423 g/mol. The van der Waals surface area contributed by atoms with Gasteiger partial charge in [-0.3, -0.25) is 4.79 Å². The van der Waals surface area contributed by atoms with Gasteiger partial charge in [-0.1, -0.05) is 15.9 Å². The monoisotopic (exact) mass is 421 g/mol. The van der Waals surface area contributed by atoms with E-state index in [1.54, 1.807) is 6.07 Å². The van der Waals surface area contributed by atoms with Gasteiger partial charge in [0, 0.05) is 21.9 Å². The van der Waals surface area contributed by atoms with Gasteiger partial charge >= 0.3 is 12.0 Å². The Balaban J connectivity index is 2.72. The Morgan fingerprint density at radius 1 is 1.24 bits per heavy atom. The fraction of sp³-hybridized carbons (Fsp3) is 0.250. The number of anilines is 1. The lowest BCUT2D eigenvalue weighted by Gasteiger charge is -2.12. The van der Waals surface area contributed by atoms with Crippen molar-refractivity contribution in [3.8, 4) is 0 Å². The zero-order chi connectivity index (χ0) is 16.0. The van der Waals surface area contributed by atoms with Crippen LogP contribution in [0.15, 0.2) is 21.1 Å². The first-order chi connectivity index (χ1) is 9.81. The van der Waals surface area contributed by atoms with Crippen LogP contribution in [0.3, 0.4) is 0 Å². The fourth-order valence-corrected chi connectivity index (χ4v) is 2.82. The Morgan fingerprint density at radius 2 is 1.90 bits per heavy atom. The second kappa shape index (κ2) is 7.99. The highest BCUT2D eigenvalue weighted by Crippen LogP contribution is 2.30. The number of urea groups is 1. The van der Waals surface area contributed by atoms with E-state index in [1.807, 2.05) is 0 Å². The molecular formula is C12H13Br2N3O4. The highest BCUT2D eigenvalue weighted by Gasteiger charge is 2.16. The standard InChI is InChI=1S/C12H13Br2N3O4/c13-6-4-7(11(19)20)10(8(14)5-6)17-12(21)16-3-1-2-9(15)18/h4-5H,1-3H2,(H2,15,18)(H,19,20)(H2,16,17,21). The van der Waals surface area contributed by atoms with Crippen LogP contribution >= 0.6 is 31.9 Å². The number of rotatable bonds is 6. The van der Waals surface area contributed by atoms with Crippen LogP contribution in [0, 0.1) is 0 Å². The average Bonchev–Trinajstić information content (AvgIpc) is 2.37. The molecule has 1 rings (SSSR count). The van der Waals surface area contributed by atoms with Gasteiger partial charge in [-0.05, 0) is 34.5 Å². The van der Waals surface area contributed by atoms with Gasteiger partial charge in [0.2, 0.25) is 5.91 Å². The van der Waals surface area contributed by atoms with Gasteiger partial charge in [0.25, 0.3) is 0 Å². The van der Waals surface area contributed by atoms with Crippen LogP contribution in [0.25, 0.3) is 0 Å². The summed E-state index contributed by atoms with van der Waals surface area (Å²) >= 11 is 6.38. The number of carbonyl (C=O) groups is 3. The van der Waals surface area contributed by atoms with Crippen molar-refractivity contribution in [3.05, 3.63) is 26.6 Å². The summed E-state index contributed by atoms with van der Waals surface area (Å²) in [5, 5.41) is 14.1. The number of halogens is 2. The molecule has 0 bridgehead atoms. The van der Waals surface area contributed by atoms with Crippen LogP contribution in [-0.4, -0.2) is 29.6 Å². The molecule has 7 nitrogen and oxygen atoms in total. The summed E-state index contributed by atoms with van der Waals surface area (Å²) in [4.78, 5) is 33.4. The lowest BCUT2D eigenvalue weighted by Crippen LogP contribution is -2.31. The molecule has 0 atom stereocenters. The van der Waals surface area contributed by atoms with E-state index in [-0.39, 0.29) is 24.2 Å². The van der Waals surface area contributed by atoms with Gasteiger partial charge in [-0.2, -0.15) is 0 Å². The third-order valence-corrected chi connectivity index (χ3v) is 3.49. The Labute approximate surface area is 137 Å². The second-order valence-corrected chi connectivity index (χ2v) is 5.84. The van der Waals surface area contributed by atoms with Gasteiger partial charge in [0.15, 0.2) is 0 Å². The first kappa shape index (κ1) is 17.4. The van der Waals surface area contributed by atoms with E-state index < -0.39 is 17.9 Å². The lowest BCUT2D eigenvalue weighted by molar-refractivity contribution is -0.118. The molecule has 5 N–H and O–H groups in total. The Kier molecular flexibility index (Phi) is 6.63. The molecule has 0 fully saturated rings. The van der Waals surface area contributed by atoms with Crippen molar-refractivity contribution in [1.29, 1.82) is 0 Å². The smallest absolute Gasteiger partial charge is 0.337 e. The number of carboxylic acid groups (broad SMARTS) is 1. The quantitative estimate of drug-likeness (QED) is 0.525. The van der Waals surface area contributed by atoms with Crippen molar-refractivity contribution in [2.75, 3.05) is 11.9 Å². The zero-order valence-corrected chi connectivity index (χ0v) is 14.0. The third kappa shape index (κ3) is 5.72. The normalized spacial score (nSPS) is 10.0. The molecule has 0 heterocycles. The van der Waals surface area contributed by atoms with Gasteiger partial charge in [0.05, 0.1) is 11.3 Å². The molecule has 0 radical (unpaired) electrons. The molecule has 0 aliphatic heterocycles. The minimum absolute atomic E-state index is 0.0523. The van der Waals surface area contributed by atoms with Gasteiger partial charge in [0.1, 0.15) is 0 Å². The number of hydrogen-bond acceptors (Lipinski definition) is 3. The molecule has 114 valence electrons. The highest BCUT2D eigenvalue weighted by molar-refractivity contribution is 9.11. The molecule has 0 saturated heterocycles. The SMILES string of the molecule is NC(=O)CCCNC(=O)Nc1c(Br)cc(Br)cc1C(=O)O.